The molecule has 1 aromatic carbocycles. The zero-order valence-electron chi connectivity index (χ0n) is 15.6. The third-order valence-corrected chi connectivity index (χ3v) is 3.82. The summed E-state index contributed by atoms with van der Waals surface area (Å²) in [7, 11) is 0. The largest absolute Gasteiger partial charge is 0.445 e. The summed E-state index contributed by atoms with van der Waals surface area (Å²) >= 11 is 0. The molecule has 1 rings (SSSR count). The summed E-state index contributed by atoms with van der Waals surface area (Å²) in [6.45, 7) is 7.24. The zero-order valence-corrected chi connectivity index (χ0v) is 15.6. The van der Waals surface area contributed by atoms with Gasteiger partial charge in [0.1, 0.15) is 18.7 Å². The number of ether oxygens (including phenoxy) is 1. The lowest BCUT2D eigenvalue weighted by Crippen LogP contribution is -2.57. The van der Waals surface area contributed by atoms with Crippen LogP contribution in [0.25, 0.3) is 0 Å². The van der Waals surface area contributed by atoms with E-state index in [1.165, 1.54) is 0 Å². The van der Waals surface area contributed by atoms with Gasteiger partial charge in [-0.15, -0.1) is 0 Å². The van der Waals surface area contributed by atoms with Gasteiger partial charge in [0, 0.05) is 0 Å². The molecule has 0 bridgehead atoms. The fraction of sp³-hybridized carbons (Fsp3) is 0.500. The van der Waals surface area contributed by atoms with Crippen molar-refractivity contribution in [2.24, 2.45) is 17.7 Å². The van der Waals surface area contributed by atoms with Gasteiger partial charge in [-0.05, 0) is 17.4 Å². The number of hydrazine groups is 1. The molecule has 1 aromatic rings. The molecule has 0 aliphatic carbocycles. The third kappa shape index (κ3) is 6.72. The summed E-state index contributed by atoms with van der Waals surface area (Å²) < 4.78 is 5.15. The van der Waals surface area contributed by atoms with E-state index in [0.717, 1.165) is 5.56 Å². The fourth-order valence-corrected chi connectivity index (χ4v) is 2.29. The highest BCUT2D eigenvalue weighted by Gasteiger charge is 2.30. The molecule has 3 amide bonds. The Labute approximate surface area is 153 Å². The van der Waals surface area contributed by atoms with Gasteiger partial charge in [0.05, 0.1) is 0 Å². The highest BCUT2D eigenvalue weighted by Crippen LogP contribution is 2.07. The van der Waals surface area contributed by atoms with Crippen molar-refractivity contribution in [1.82, 2.24) is 16.1 Å². The minimum atomic E-state index is -0.843. The number of benzene rings is 1. The lowest BCUT2D eigenvalue weighted by atomic mass is 10.00. The maximum absolute atomic E-state index is 12.5. The van der Waals surface area contributed by atoms with Crippen molar-refractivity contribution in [2.45, 2.75) is 46.4 Å². The van der Waals surface area contributed by atoms with Gasteiger partial charge >= 0.3 is 6.09 Å². The van der Waals surface area contributed by atoms with Crippen molar-refractivity contribution in [2.75, 3.05) is 0 Å². The molecular weight excluding hydrogens is 336 g/mol. The average Bonchev–Trinajstić information content (AvgIpc) is 2.61. The Balaban J connectivity index is 2.67. The van der Waals surface area contributed by atoms with Crippen molar-refractivity contribution in [3.8, 4) is 0 Å². The summed E-state index contributed by atoms with van der Waals surface area (Å²) in [5, 5.41) is 5.18. The van der Waals surface area contributed by atoms with Gasteiger partial charge in [-0.3, -0.25) is 15.0 Å². The molecule has 8 heteroatoms. The average molecular weight is 364 g/mol. The number of rotatable bonds is 8. The van der Waals surface area contributed by atoms with Crippen LogP contribution in [-0.2, 0) is 20.9 Å². The van der Waals surface area contributed by atoms with Gasteiger partial charge in [-0.1, -0.05) is 58.0 Å². The number of carbonyl (C=O) groups excluding carboxylic acids is 3. The quantitative estimate of drug-likeness (QED) is 0.312. The highest BCUT2D eigenvalue weighted by molar-refractivity contribution is 5.91. The molecular formula is C18H28N4O4. The normalized spacial score (nSPS) is 13.0. The second-order valence-corrected chi connectivity index (χ2v) is 6.67. The molecule has 144 valence electrons. The van der Waals surface area contributed by atoms with Gasteiger partial charge in [0.2, 0.25) is 5.91 Å². The minimum Gasteiger partial charge on any atom is -0.445 e. The summed E-state index contributed by atoms with van der Waals surface area (Å²) in [5.41, 5.74) is 2.87. The van der Waals surface area contributed by atoms with E-state index in [0.29, 0.717) is 0 Å². The predicted octanol–water partition coefficient (Wildman–Crippen LogP) is 1.07. The molecule has 0 aliphatic heterocycles. The number of nitrogens with two attached hydrogens (primary N) is 1. The molecule has 5 N–H and O–H groups in total. The maximum atomic E-state index is 12.5. The van der Waals surface area contributed by atoms with Crippen LogP contribution in [0.15, 0.2) is 30.3 Å². The summed E-state index contributed by atoms with van der Waals surface area (Å²) in [6, 6.07) is 7.58. The monoisotopic (exact) mass is 364 g/mol. The Kier molecular flexibility index (Phi) is 8.57. The lowest BCUT2D eigenvalue weighted by molar-refractivity contribution is -0.131. The van der Waals surface area contributed by atoms with E-state index in [-0.39, 0.29) is 18.4 Å². The van der Waals surface area contributed by atoms with E-state index in [4.69, 9.17) is 10.6 Å². The van der Waals surface area contributed by atoms with Crippen LogP contribution in [0.5, 0.6) is 0 Å². The van der Waals surface area contributed by atoms with Crippen LogP contribution in [0.4, 0.5) is 4.79 Å². The minimum absolute atomic E-state index is 0.101. The first-order valence-electron chi connectivity index (χ1n) is 8.54. The van der Waals surface area contributed by atoms with Gasteiger partial charge < -0.3 is 15.4 Å². The van der Waals surface area contributed by atoms with Crippen LogP contribution < -0.4 is 21.9 Å². The fourth-order valence-electron chi connectivity index (χ4n) is 2.29. The Morgan fingerprint density at radius 1 is 0.923 bits per heavy atom. The van der Waals surface area contributed by atoms with Gasteiger partial charge in [0.15, 0.2) is 0 Å². The first-order chi connectivity index (χ1) is 12.3. The van der Waals surface area contributed by atoms with Crippen LogP contribution >= 0.6 is 0 Å². The van der Waals surface area contributed by atoms with E-state index in [9.17, 15) is 14.4 Å². The number of alkyl carbamates (subject to hydrolysis) is 1. The molecule has 0 radical (unpaired) electrons. The number of nitrogens with one attached hydrogen (secondary N) is 3. The Morgan fingerprint density at radius 2 is 1.46 bits per heavy atom. The van der Waals surface area contributed by atoms with Gasteiger partial charge in [-0.25, -0.2) is 10.6 Å². The van der Waals surface area contributed by atoms with Crippen LogP contribution in [0, 0.1) is 11.8 Å². The Morgan fingerprint density at radius 3 is 1.96 bits per heavy atom. The van der Waals surface area contributed by atoms with Crippen molar-refractivity contribution in [3.05, 3.63) is 35.9 Å². The molecule has 0 fully saturated rings. The maximum Gasteiger partial charge on any atom is 0.408 e. The lowest BCUT2D eigenvalue weighted by Gasteiger charge is -2.26. The number of hydrogen-bond donors (Lipinski definition) is 4. The molecule has 0 saturated carbocycles. The molecule has 26 heavy (non-hydrogen) atoms. The van der Waals surface area contributed by atoms with Crippen LogP contribution in [0.3, 0.4) is 0 Å². The molecule has 0 saturated heterocycles. The molecule has 0 aliphatic rings. The van der Waals surface area contributed by atoms with Crippen LogP contribution in [0.2, 0.25) is 0 Å². The van der Waals surface area contributed by atoms with E-state index in [1.54, 1.807) is 27.7 Å². The second-order valence-electron chi connectivity index (χ2n) is 6.67. The second kappa shape index (κ2) is 10.4. The van der Waals surface area contributed by atoms with Crippen molar-refractivity contribution >= 4 is 17.9 Å². The number of amides is 3. The van der Waals surface area contributed by atoms with Gasteiger partial charge in [0.25, 0.3) is 5.91 Å². The molecule has 0 spiro atoms. The smallest absolute Gasteiger partial charge is 0.408 e. The van der Waals surface area contributed by atoms with Crippen LogP contribution in [0.1, 0.15) is 33.3 Å². The SMILES string of the molecule is CC(C)[C@@H](NC(=O)OCc1ccccc1)C(=O)N[C@@H](C(=O)NN)C(C)C. The highest BCUT2D eigenvalue weighted by atomic mass is 16.5. The predicted molar refractivity (Wildman–Crippen MR) is 97.5 cm³/mol. The first-order valence-corrected chi connectivity index (χ1v) is 8.54. The first kappa shape index (κ1) is 21.4. The topological polar surface area (TPSA) is 123 Å². The zero-order chi connectivity index (χ0) is 19.7. The van der Waals surface area contributed by atoms with E-state index in [2.05, 4.69) is 10.6 Å². The molecule has 2 atom stereocenters. The van der Waals surface area contributed by atoms with E-state index in [1.807, 2.05) is 35.8 Å². The molecule has 0 aromatic heterocycles. The summed E-state index contributed by atoms with van der Waals surface area (Å²) in [6.07, 6.45) is -0.702. The number of hydrogen-bond acceptors (Lipinski definition) is 5. The third-order valence-electron chi connectivity index (χ3n) is 3.82. The van der Waals surface area contributed by atoms with E-state index >= 15 is 0 Å². The van der Waals surface area contributed by atoms with Crippen molar-refractivity contribution in [3.63, 3.8) is 0 Å². The van der Waals surface area contributed by atoms with Crippen LogP contribution in [-0.4, -0.2) is 30.0 Å². The Hall–Kier alpha value is -2.61. The standard InChI is InChI=1S/C18H28N4O4/c1-11(2)14(16(23)20-15(12(3)4)17(24)22-19)21-18(25)26-10-13-8-6-5-7-9-13/h5-9,11-12,14-15H,10,19H2,1-4H3,(H,20,23)(H,21,25)(H,22,24)/t14-,15-/m1/s1. The molecule has 0 heterocycles. The van der Waals surface area contributed by atoms with Gasteiger partial charge in [-0.2, -0.15) is 0 Å². The van der Waals surface area contributed by atoms with Crippen molar-refractivity contribution < 1.29 is 19.1 Å². The summed E-state index contributed by atoms with van der Waals surface area (Å²) in [4.78, 5) is 36.4. The van der Waals surface area contributed by atoms with E-state index < -0.39 is 30.0 Å². The Bertz CT molecular complexity index is 604. The number of carbonyl (C=O) groups is 3. The molecule has 8 nitrogen and oxygen atoms in total. The molecule has 0 unspecified atom stereocenters. The summed E-state index contributed by atoms with van der Waals surface area (Å²) in [5.74, 6) is 3.82. The van der Waals surface area contributed by atoms with Crippen molar-refractivity contribution in [1.29, 1.82) is 0 Å².